The molecule has 0 spiro atoms. The molecule has 6 heteroatoms. The molecule has 0 atom stereocenters. The summed E-state index contributed by atoms with van der Waals surface area (Å²) in [6, 6.07) is 24.1. The van der Waals surface area contributed by atoms with E-state index in [4.69, 9.17) is 12.2 Å². The Morgan fingerprint density at radius 3 is 1.76 bits per heavy atom. The molecule has 0 amide bonds. The number of hydrogen-bond donors (Lipinski definition) is 2. The van der Waals surface area contributed by atoms with Crippen LogP contribution < -0.4 is 10.6 Å². The van der Waals surface area contributed by atoms with E-state index >= 15 is 0 Å². The Labute approximate surface area is 150 Å². The molecular formula is C19H15N3O2S. The predicted octanol–water partition coefficient (Wildman–Crippen LogP) is 5.07. The van der Waals surface area contributed by atoms with Gasteiger partial charge < -0.3 is 10.6 Å². The number of benzene rings is 3. The molecular weight excluding hydrogens is 334 g/mol. The van der Waals surface area contributed by atoms with Gasteiger partial charge in [-0.1, -0.05) is 42.5 Å². The standard InChI is InChI=1S/C19H15N3O2S/c23-22(24)18-12-10-17(11-13-18)21-19(25)20-16-8-6-15(7-9-16)14-4-2-1-3-5-14/h1-13H,(H2,20,21,25). The first-order valence-electron chi connectivity index (χ1n) is 7.60. The molecule has 3 aromatic carbocycles. The largest absolute Gasteiger partial charge is 0.332 e. The van der Waals surface area contributed by atoms with Crippen molar-refractivity contribution in [2.24, 2.45) is 0 Å². The van der Waals surface area contributed by atoms with Crippen molar-refractivity contribution >= 4 is 34.4 Å². The summed E-state index contributed by atoms with van der Waals surface area (Å²) >= 11 is 5.27. The van der Waals surface area contributed by atoms with Crippen LogP contribution in [-0.2, 0) is 0 Å². The monoisotopic (exact) mass is 349 g/mol. The fourth-order valence-corrected chi connectivity index (χ4v) is 2.57. The molecule has 0 aliphatic heterocycles. The second kappa shape index (κ2) is 7.55. The SMILES string of the molecule is O=[N+]([O-])c1ccc(NC(=S)Nc2ccc(-c3ccccc3)cc2)cc1. The van der Waals surface area contributed by atoms with Gasteiger partial charge in [0.15, 0.2) is 5.11 Å². The van der Waals surface area contributed by atoms with Crippen LogP contribution in [0.3, 0.4) is 0 Å². The quantitative estimate of drug-likeness (QED) is 0.391. The van der Waals surface area contributed by atoms with Crippen molar-refractivity contribution in [2.75, 3.05) is 10.6 Å². The van der Waals surface area contributed by atoms with Gasteiger partial charge in [0.05, 0.1) is 4.92 Å². The zero-order valence-corrected chi connectivity index (χ0v) is 14.0. The molecule has 0 heterocycles. The summed E-state index contributed by atoms with van der Waals surface area (Å²) in [5, 5.41) is 17.2. The summed E-state index contributed by atoms with van der Waals surface area (Å²) in [6.07, 6.45) is 0. The highest BCUT2D eigenvalue weighted by molar-refractivity contribution is 7.80. The average Bonchev–Trinajstić information content (AvgIpc) is 2.63. The number of nitrogens with one attached hydrogen (secondary N) is 2. The second-order valence-electron chi connectivity index (χ2n) is 5.33. The van der Waals surface area contributed by atoms with E-state index in [1.807, 2.05) is 42.5 Å². The van der Waals surface area contributed by atoms with E-state index in [1.165, 1.54) is 12.1 Å². The van der Waals surface area contributed by atoms with Crippen LogP contribution in [0.1, 0.15) is 0 Å². The molecule has 0 aliphatic rings. The lowest BCUT2D eigenvalue weighted by molar-refractivity contribution is -0.384. The average molecular weight is 349 g/mol. The number of hydrogen-bond acceptors (Lipinski definition) is 3. The normalized spacial score (nSPS) is 10.1. The first-order valence-corrected chi connectivity index (χ1v) is 8.00. The third kappa shape index (κ3) is 4.39. The van der Waals surface area contributed by atoms with Crippen LogP contribution >= 0.6 is 12.2 Å². The van der Waals surface area contributed by atoms with Crippen molar-refractivity contribution in [3.05, 3.63) is 89.0 Å². The fourth-order valence-electron chi connectivity index (χ4n) is 2.34. The molecule has 3 aromatic rings. The van der Waals surface area contributed by atoms with Crippen LogP contribution in [0.5, 0.6) is 0 Å². The van der Waals surface area contributed by atoms with E-state index in [0.29, 0.717) is 10.8 Å². The van der Waals surface area contributed by atoms with Crippen LogP contribution in [0.25, 0.3) is 11.1 Å². The van der Waals surface area contributed by atoms with Gasteiger partial charge in [0.2, 0.25) is 0 Å². The highest BCUT2D eigenvalue weighted by atomic mass is 32.1. The van der Waals surface area contributed by atoms with Crippen molar-refractivity contribution < 1.29 is 4.92 Å². The number of nitrogens with zero attached hydrogens (tertiary/aromatic N) is 1. The highest BCUT2D eigenvalue weighted by Gasteiger charge is 2.05. The molecule has 2 N–H and O–H groups in total. The molecule has 0 aliphatic carbocycles. The van der Waals surface area contributed by atoms with E-state index in [2.05, 4.69) is 22.8 Å². The van der Waals surface area contributed by atoms with Crippen molar-refractivity contribution in [3.63, 3.8) is 0 Å². The molecule has 0 radical (unpaired) electrons. The zero-order valence-electron chi connectivity index (χ0n) is 13.2. The number of anilines is 2. The maximum atomic E-state index is 10.7. The Hall–Kier alpha value is -3.25. The van der Waals surface area contributed by atoms with Gasteiger partial charge in [-0.15, -0.1) is 0 Å². The van der Waals surface area contributed by atoms with E-state index in [1.54, 1.807) is 12.1 Å². The molecule has 5 nitrogen and oxygen atoms in total. The topological polar surface area (TPSA) is 67.2 Å². The van der Waals surface area contributed by atoms with Gasteiger partial charge in [-0.3, -0.25) is 10.1 Å². The van der Waals surface area contributed by atoms with Crippen LogP contribution in [0.4, 0.5) is 17.1 Å². The number of thiocarbonyl (C=S) groups is 1. The van der Waals surface area contributed by atoms with Crippen molar-refractivity contribution in [3.8, 4) is 11.1 Å². The van der Waals surface area contributed by atoms with Gasteiger partial charge in [-0.2, -0.15) is 0 Å². The van der Waals surface area contributed by atoms with Crippen LogP contribution in [0, 0.1) is 10.1 Å². The zero-order chi connectivity index (χ0) is 17.6. The highest BCUT2D eigenvalue weighted by Crippen LogP contribution is 2.21. The molecule has 0 aromatic heterocycles. The van der Waals surface area contributed by atoms with Crippen molar-refractivity contribution in [2.45, 2.75) is 0 Å². The maximum Gasteiger partial charge on any atom is 0.269 e. The van der Waals surface area contributed by atoms with Gasteiger partial charge in [-0.05, 0) is 47.6 Å². The number of rotatable bonds is 4. The second-order valence-corrected chi connectivity index (χ2v) is 5.73. The first kappa shape index (κ1) is 16.6. The third-order valence-corrected chi connectivity index (χ3v) is 3.79. The van der Waals surface area contributed by atoms with Gasteiger partial charge in [0.1, 0.15) is 0 Å². The first-order chi connectivity index (χ1) is 12.1. The summed E-state index contributed by atoms with van der Waals surface area (Å²) < 4.78 is 0. The summed E-state index contributed by atoms with van der Waals surface area (Å²) in [5.74, 6) is 0. The molecule has 25 heavy (non-hydrogen) atoms. The minimum absolute atomic E-state index is 0.0425. The molecule has 0 bridgehead atoms. The Kier molecular flexibility index (Phi) is 5.01. The Bertz CT molecular complexity index is 879. The van der Waals surface area contributed by atoms with Crippen LogP contribution in [-0.4, -0.2) is 10.0 Å². The van der Waals surface area contributed by atoms with E-state index in [0.717, 1.165) is 16.8 Å². The maximum absolute atomic E-state index is 10.7. The van der Waals surface area contributed by atoms with Gasteiger partial charge in [-0.25, -0.2) is 0 Å². The molecule has 0 unspecified atom stereocenters. The smallest absolute Gasteiger partial charge is 0.269 e. The predicted molar refractivity (Wildman–Crippen MR) is 105 cm³/mol. The minimum Gasteiger partial charge on any atom is -0.332 e. The molecule has 3 rings (SSSR count). The third-order valence-electron chi connectivity index (χ3n) is 3.59. The van der Waals surface area contributed by atoms with E-state index in [-0.39, 0.29) is 5.69 Å². The summed E-state index contributed by atoms with van der Waals surface area (Å²) in [5.41, 5.74) is 3.87. The van der Waals surface area contributed by atoms with E-state index in [9.17, 15) is 10.1 Å². The Morgan fingerprint density at radius 2 is 1.24 bits per heavy atom. The molecule has 0 saturated heterocycles. The number of nitro groups is 1. The minimum atomic E-state index is -0.436. The lowest BCUT2D eigenvalue weighted by atomic mass is 10.1. The van der Waals surface area contributed by atoms with Crippen molar-refractivity contribution in [1.82, 2.24) is 0 Å². The van der Waals surface area contributed by atoms with E-state index < -0.39 is 4.92 Å². The Morgan fingerprint density at radius 1 is 0.760 bits per heavy atom. The molecule has 124 valence electrons. The van der Waals surface area contributed by atoms with Gasteiger partial charge in [0.25, 0.3) is 5.69 Å². The summed E-state index contributed by atoms with van der Waals surface area (Å²) in [4.78, 5) is 10.2. The van der Waals surface area contributed by atoms with Crippen molar-refractivity contribution in [1.29, 1.82) is 0 Å². The lowest BCUT2D eigenvalue weighted by Gasteiger charge is -2.11. The van der Waals surface area contributed by atoms with Gasteiger partial charge >= 0.3 is 0 Å². The fraction of sp³-hybridized carbons (Fsp3) is 0. The Balaban J connectivity index is 1.62. The van der Waals surface area contributed by atoms with Crippen LogP contribution in [0.2, 0.25) is 0 Å². The summed E-state index contributed by atoms with van der Waals surface area (Å²) in [6.45, 7) is 0. The van der Waals surface area contributed by atoms with Gasteiger partial charge in [0, 0.05) is 23.5 Å². The van der Waals surface area contributed by atoms with Crippen LogP contribution in [0.15, 0.2) is 78.9 Å². The molecule has 0 saturated carbocycles. The molecule has 0 fully saturated rings. The summed E-state index contributed by atoms with van der Waals surface area (Å²) in [7, 11) is 0. The lowest BCUT2D eigenvalue weighted by Crippen LogP contribution is -2.18. The number of non-ortho nitro benzene ring substituents is 1. The number of nitro benzene ring substituents is 1.